The number of carbonyl (C=O) groups excluding carboxylic acids is 1. The molecule has 2 aliphatic rings. The molecule has 0 saturated carbocycles. The number of fused-ring (bicyclic) bond motifs is 1. The molecular weight excluding hydrogens is 278 g/mol. The van der Waals surface area contributed by atoms with E-state index in [2.05, 4.69) is 29.8 Å². The Kier molecular flexibility index (Phi) is 4.29. The fourth-order valence-electron chi connectivity index (χ4n) is 3.75. The zero-order valence-electron chi connectivity index (χ0n) is 13.0. The Morgan fingerprint density at radius 1 is 1.24 bits per heavy atom. The van der Waals surface area contributed by atoms with Crippen molar-refractivity contribution in [3.63, 3.8) is 0 Å². The first-order valence-corrected chi connectivity index (χ1v) is 11.1. The fraction of sp³-hybridized carbons (Fsp3) is 0.588. The van der Waals surface area contributed by atoms with Crippen molar-refractivity contribution < 1.29 is 9.53 Å². The molecule has 2 heterocycles. The topological polar surface area (TPSA) is 29.5 Å². The molecule has 0 aliphatic carbocycles. The zero-order valence-corrected chi connectivity index (χ0v) is 14.0. The first-order valence-electron chi connectivity index (χ1n) is 7.97. The summed E-state index contributed by atoms with van der Waals surface area (Å²) in [4.78, 5) is 12.1. The van der Waals surface area contributed by atoms with Gasteiger partial charge in [-0.25, -0.2) is 0 Å². The molecule has 3 nitrogen and oxygen atoms in total. The van der Waals surface area contributed by atoms with Gasteiger partial charge < -0.3 is 9.30 Å². The average Bonchev–Trinajstić information content (AvgIpc) is 2.70. The average molecular weight is 303 g/mol. The first kappa shape index (κ1) is 14.9. The van der Waals surface area contributed by atoms with E-state index in [1.165, 1.54) is 5.56 Å². The van der Waals surface area contributed by atoms with Crippen LogP contribution in [-0.4, -0.2) is 37.8 Å². The van der Waals surface area contributed by atoms with Gasteiger partial charge in [0.15, 0.2) is 0 Å². The Labute approximate surface area is 128 Å². The van der Waals surface area contributed by atoms with Gasteiger partial charge in [-0.1, -0.05) is 43.4 Å². The lowest BCUT2D eigenvalue weighted by atomic mass is 9.94. The minimum atomic E-state index is -1.48. The minimum absolute atomic E-state index is 0.233. The van der Waals surface area contributed by atoms with Crippen molar-refractivity contribution >= 4 is 14.0 Å². The Hall–Kier alpha value is -0.973. The summed E-state index contributed by atoms with van der Waals surface area (Å²) in [5.41, 5.74) is 1.23. The highest BCUT2D eigenvalue weighted by molar-refractivity contribution is 6.79. The number of ether oxygens (including phenoxy) is 1. The molecule has 2 saturated heterocycles. The molecule has 0 N–H and O–H groups in total. The van der Waals surface area contributed by atoms with Crippen molar-refractivity contribution in [3.8, 4) is 0 Å². The van der Waals surface area contributed by atoms with Gasteiger partial charge in [-0.05, 0) is 30.9 Å². The molecule has 2 atom stereocenters. The normalized spacial score (nSPS) is 28.6. The number of benzene rings is 1. The van der Waals surface area contributed by atoms with E-state index in [-0.39, 0.29) is 6.04 Å². The van der Waals surface area contributed by atoms with Gasteiger partial charge in [0, 0.05) is 6.04 Å². The highest BCUT2D eigenvalue weighted by atomic mass is 28.3. The van der Waals surface area contributed by atoms with E-state index < -0.39 is 8.24 Å². The highest BCUT2D eigenvalue weighted by Crippen LogP contribution is 2.36. The molecule has 4 heteroatoms. The fourth-order valence-corrected chi connectivity index (χ4v) is 6.91. The molecule has 2 fully saturated rings. The third-order valence-electron chi connectivity index (χ3n) is 4.90. The van der Waals surface area contributed by atoms with Crippen molar-refractivity contribution in [2.75, 3.05) is 13.2 Å². The molecule has 0 spiro atoms. The molecule has 2 aliphatic heterocycles. The summed E-state index contributed by atoms with van der Waals surface area (Å²) in [5, 5.41) is 0. The lowest BCUT2D eigenvalue weighted by Gasteiger charge is -2.40. The molecule has 3 rings (SSSR count). The Morgan fingerprint density at radius 2 is 2.00 bits per heavy atom. The molecular formula is C17H25NO2Si. The predicted octanol–water partition coefficient (Wildman–Crippen LogP) is 3.07. The molecule has 0 radical (unpaired) electrons. The number of hydrogen-bond donors (Lipinski definition) is 0. The molecule has 21 heavy (non-hydrogen) atoms. The minimum Gasteiger partial charge on any atom is -0.376 e. The number of carbonyl (C=O) groups is 1. The van der Waals surface area contributed by atoms with Crippen LogP contribution in [0.5, 0.6) is 0 Å². The summed E-state index contributed by atoms with van der Waals surface area (Å²) in [5.74, 6) is 1.08. The van der Waals surface area contributed by atoms with Gasteiger partial charge in [0.1, 0.15) is 14.0 Å². The summed E-state index contributed by atoms with van der Waals surface area (Å²) in [6, 6.07) is 11.4. The summed E-state index contributed by atoms with van der Waals surface area (Å²) < 4.78 is 8.46. The number of Topliss-reactive ketones (excluding diaryl/α,β-unsaturated/α-hetero) is 1. The van der Waals surface area contributed by atoms with E-state index in [4.69, 9.17) is 4.74 Å². The van der Waals surface area contributed by atoms with E-state index in [1.54, 1.807) is 0 Å². The maximum absolute atomic E-state index is 12.1. The molecule has 1 aromatic rings. The first-order chi connectivity index (χ1) is 10.1. The predicted molar refractivity (Wildman–Crippen MR) is 86.6 cm³/mol. The van der Waals surface area contributed by atoms with Crippen molar-refractivity contribution in [1.29, 1.82) is 0 Å². The van der Waals surface area contributed by atoms with Crippen LogP contribution in [0.15, 0.2) is 30.3 Å². The highest BCUT2D eigenvalue weighted by Gasteiger charge is 2.49. The van der Waals surface area contributed by atoms with Crippen LogP contribution in [0, 0.1) is 5.92 Å². The molecule has 0 amide bonds. The second kappa shape index (κ2) is 6.03. The number of piperidine rings is 1. The van der Waals surface area contributed by atoms with E-state index >= 15 is 0 Å². The maximum atomic E-state index is 12.1. The molecule has 1 aromatic carbocycles. The van der Waals surface area contributed by atoms with Crippen LogP contribution >= 0.6 is 0 Å². The van der Waals surface area contributed by atoms with Gasteiger partial charge in [-0.15, -0.1) is 0 Å². The van der Waals surface area contributed by atoms with Crippen LogP contribution in [-0.2, 0) is 16.1 Å². The molecule has 0 unspecified atom stereocenters. The summed E-state index contributed by atoms with van der Waals surface area (Å²) >= 11 is 0. The van der Waals surface area contributed by atoms with Crippen LogP contribution in [0.1, 0.15) is 18.4 Å². The second-order valence-electron chi connectivity index (χ2n) is 7.07. The Morgan fingerprint density at radius 3 is 2.76 bits per heavy atom. The number of nitrogens with zero attached hydrogens (tertiary/aromatic N) is 1. The van der Waals surface area contributed by atoms with Crippen LogP contribution in [0.4, 0.5) is 0 Å². The van der Waals surface area contributed by atoms with Crippen molar-refractivity contribution in [2.24, 2.45) is 5.92 Å². The van der Waals surface area contributed by atoms with Crippen molar-refractivity contribution in [1.82, 2.24) is 4.57 Å². The molecule has 0 bridgehead atoms. The van der Waals surface area contributed by atoms with E-state index in [1.807, 2.05) is 18.2 Å². The van der Waals surface area contributed by atoms with Crippen molar-refractivity contribution in [2.45, 2.75) is 44.6 Å². The monoisotopic (exact) mass is 303 g/mol. The van der Waals surface area contributed by atoms with Gasteiger partial charge in [-0.3, -0.25) is 4.79 Å². The number of hydrogen-bond acceptors (Lipinski definition) is 3. The van der Waals surface area contributed by atoms with E-state index in [9.17, 15) is 4.79 Å². The van der Waals surface area contributed by atoms with Crippen LogP contribution < -0.4 is 0 Å². The van der Waals surface area contributed by atoms with Crippen molar-refractivity contribution in [3.05, 3.63) is 35.9 Å². The summed E-state index contributed by atoms with van der Waals surface area (Å²) in [6.07, 6.45) is 2.17. The quantitative estimate of drug-likeness (QED) is 0.801. The maximum Gasteiger partial charge on any atom is 0.147 e. The van der Waals surface area contributed by atoms with E-state index in [0.29, 0.717) is 18.3 Å². The number of ketones is 1. The standard InChI is InChI=1S/C17H25NO2Si/c1-21(2)13-17(19)16-9-8-15(10-18(16)21)12-20-11-14-6-4-3-5-7-14/h3-7,15-16H,8-13H2,1-2H3/t15-,16+/m1/s1. The van der Waals surface area contributed by atoms with Gasteiger partial charge in [0.2, 0.25) is 0 Å². The second-order valence-corrected chi connectivity index (χ2v) is 11.6. The van der Waals surface area contributed by atoms with Gasteiger partial charge in [0.05, 0.1) is 19.3 Å². The largest absolute Gasteiger partial charge is 0.376 e. The van der Waals surface area contributed by atoms with E-state index in [0.717, 1.165) is 32.0 Å². The number of rotatable bonds is 4. The third-order valence-corrected chi connectivity index (χ3v) is 8.16. The zero-order chi connectivity index (χ0) is 14.9. The lowest BCUT2D eigenvalue weighted by molar-refractivity contribution is -0.120. The van der Waals surface area contributed by atoms with Crippen LogP contribution in [0.2, 0.25) is 19.1 Å². The third kappa shape index (κ3) is 3.28. The molecule has 0 aromatic heterocycles. The Balaban J connectivity index is 1.51. The lowest BCUT2D eigenvalue weighted by Crippen LogP contribution is -2.52. The smallest absolute Gasteiger partial charge is 0.147 e. The summed E-state index contributed by atoms with van der Waals surface area (Å²) in [7, 11) is -1.48. The molecule has 114 valence electrons. The SMILES string of the molecule is C[Si]1(C)CC(=O)[C@@H]2CC[C@@H](COCc3ccccc3)CN21. The van der Waals surface area contributed by atoms with Gasteiger partial charge >= 0.3 is 0 Å². The summed E-state index contributed by atoms with van der Waals surface area (Å²) in [6.45, 7) is 7.23. The van der Waals surface area contributed by atoms with Gasteiger partial charge in [-0.2, -0.15) is 0 Å². The van der Waals surface area contributed by atoms with Gasteiger partial charge in [0.25, 0.3) is 0 Å². The van der Waals surface area contributed by atoms with Crippen LogP contribution in [0.3, 0.4) is 0 Å². The van der Waals surface area contributed by atoms with Crippen LogP contribution in [0.25, 0.3) is 0 Å². The Bertz CT molecular complexity index is 503.